The summed E-state index contributed by atoms with van der Waals surface area (Å²) in [6.45, 7) is 17.7. The van der Waals surface area contributed by atoms with Gasteiger partial charge in [0, 0.05) is 71.1 Å². The summed E-state index contributed by atoms with van der Waals surface area (Å²) in [5.74, 6) is 1.28. The number of aryl methyl sites for hydroxylation is 4. The van der Waals surface area contributed by atoms with Crippen LogP contribution in [0.15, 0.2) is 103 Å². The minimum Gasteiger partial charge on any atom is -0.507 e. The molecule has 400 valence electrons. The van der Waals surface area contributed by atoms with Gasteiger partial charge in [-0.15, -0.1) is 0 Å². The Morgan fingerprint density at radius 2 is 0.911 bits per heavy atom. The molecule has 3 aromatic heterocycles. The number of aromatic hydroxyl groups is 2. The van der Waals surface area contributed by atoms with Gasteiger partial charge in [0.15, 0.2) is 0 Å². The third-order valence-corrected chi connectivity index (χ3v) is 16.8. The lowest BCUT2D eigenvalue weighted by Crippen LogP contribution is -2.05. The van der Waals surface area contributed by atoms with Gasteiger partial charge >= 0.3 is 0 Å². The first kappa shape index (κ1) is 52.4. The molecule has 16 bridgehead atoms. The molecule has 0 fully saturated rings. The van der Waals surface area contributed by atoms with Crippen molar-refractivity contribution in [3.05, 3.63) is 203 Å². The lowest BCUT2D eigenvalue weighted by molar-refractivity contribution is -0.385. The predicted octanol–water partition coefficient (Wildman–Crippen LogP) is 16.1. The number of nitrogens with one attached hydrogen (secondary N) is 2. The van der Waals surface area contributed by atoms with Crippen molar-refractivity contribution < 1.29 is 24.6 Å². The monoisotopic (exact) mass is 1050 g/mol. The molecule has 0 saturated heterocycles. The fourth-order valence-corrected chi connectivity index (χ4v) is 12.9. The number of ether oxygens (including phenoxy) is 2. The molecule has 5 aromatic carbocycles. The second-order valence-electron chi connectivity index (χ2n) is 21.2. The standard InChI is InChI=1S/C68H67N5O6/c1-11-51-36(5)61-59(40-20-16-15-17-21-40)62-37(6)52(12-2)56(70-62)35-58-54(14-4)39(8)64(72-58)60(63-38(7)53(13-3)57(71-63)34-55(51)69-61)45-30-46-26-41-22-18-24-43(67(41)78-9)28-48-32-50(73(76)77)33-49(66(48)75)29-44-25-19-23-42(68(44)79-10)27-47(31-45)65(46)74/h15-25,30-35,69,72,74-75H,11-14,26-29H2,1-10H3. The highest BCUT2D eigenvalue weighted by Crippen LogP contribution is 2.47. The molecule has 1 aliphatic carbocycles. The summed E-state index contributed by atoms with van der Waals surface area (Å²) in [5.41, 5.74) is 26.1. The summed E-state index contributed by atoms with van der Waals surface area (Å²) in [6.07, 6.45) is 4.00. The Morgan fingerprint density at radius 3 is 1.28 bits per heavy atom. The highest BCUT2D eigenvalue weighted by molar-refractivity contribution is 6.03. The fraction of sp³-hybridized carbons (Fsp3) is 0.265. The van der Waals surface area contributed by atoms with Crippen molar-refractivity contribution in [2.75, 3.05) is 14.2 Å². The number of nitrogens with zero attached hydrogens (tertiary/aromatic N) is 3. The van der Waals surface area contributed by atoms with Gasteiger partial charge in [0.1, 0.15) is 23.0 Å². The quantitative estimate of drug-likeness (QED) is 0.0821. The predicted molar refractivity (Wildman–Crippen MR) is 319 cm³/mol. The van der Waals surface area contributed by atoms with Crippen molar-refractivity contribution in [3.8, 4) is 45.3 Å². The maximum atomic E-state index is 12.8. The van der Waals surface area contributed by atoms with Gasteiger partial charge in [-0.3, -0.25) is 10.1 Å². The van der Waals surface area contributed by atoms with Crippen molar-refractivity contribution in [2.45, 2.75) is 107 Å². The molecule has 4 N–H and O–H groups in total. The average molecular weight is 1050 g/mol. The summed E-state index contributed by atoms with van der Waals surface area (Å²) in [6, 6.07) is 33.9. The van der Waals surface area contributed by atoms with Gasteiger partial charge in [0.05, 0.1) is 53.0 Å². The Balaban J connectivity index is 1.26. The number of allylic oxidation sites excluding steroid dienone is 4. The minimum absolute atomic E-state index is 0.0163. The van der Waals surface area contributed by atoms with E-state index in [1.165, 1.54) is 34.4 Å². The molecule has 0 radical (unpaired) electrons. The van der Waals surface area contributed by atoms with Crippen LogP contribution in [0.2, 0.25) is 0 Å². The first-order chi connectivity index (χ1) is 38.2. The number of fused-ring (bicyclic) bond motifs is 16. The first-order valence-corrected chi connectivity index (χ1v) is 27.6. The van der Waals surface area contributed by atoms with Crippen molar-refractivity contribution >= 4 is 50.0 Å². The van der Waals surface area contributed by atoms with Gasteiger partial charge < -0.3 is 29.7 Å². The Bertz CT molecular complexity index is 3980. The summed E-state index contributed by atoms with van der Waals surface area (Å²) < 4.78 is 12.4. The highest BCUT2D eigenvalue weighted by atomic mass is 16.6. The van der Waals surface area contributed by atoms with Crippen LogP contribution in [0.5, 0.6) is 23.0 Å². The minimum atomic E-state index is -0.423. The zero-order valence-electron chi connectivity index (χ0n) is 46.8. The lowest BCUT2D eigenvalue weighted by atomic mass is 9.88. The summed E-state index contributed by atoms with van der Waals surface area (Å²) >= 11 is 0. The Morgan fingerprint density at radius 1 is 0.519 bits per heavy atom. The van der Waals surface area contributed by atoms with E-state index in [1.807, 2.05) is 36.4 Å². The number of hydrogen-bond donors (Lipinski definition) is 4. The number of nitro groups is 1. The van der Waals surface area contributed by atoms with Crippen LogP contribution in [-0.4, -0.2) is 49.3 Å². The zero-order valence-corrected chi connectivity index (χ0v) is 46.8. The van der Waals surface area contributed by atoms with E-state index >= 15 is 0 Å². The van der Waals surface area contributed by atoms with Crippen LogP contribution in [0.4, 0.5) is 5.69 Å². The molecular weight excluding hydrogens is 983 g/mol. The Hall–Kier alpha value is -8.70. The second kappa shape index (κ2) is 20.9. The molecule has 0 saturated carbocycles. The fourth-order valence-electron chi connectivity index (χ4n) is 12.9. The molecule has 2 aliphatic heterocycles. The largest absolute Gasteiger partial charge is 0.507 e. The number of methoxy groups -OCH3 is 2. The number of para-hydroxylation sites is 2. The maximum absolute atomic E-state index is 12.8. The van der Waals surface area contributed by atoms with Crippen LogP contribution in [0.3, 0.4) is 0 Å². The molecule has 8 aromatic rings. The second-order valence-corrected chi connectivity index (χ2v) is 21.2. The Kier molecular flexibility index (Phi) is 13.9. The molecule has 0 unspecified atom stereocenters. The number of aromatic nitrogens is 4. The smallest absolute Gasteiger partial charge is 0.270 e. The van der Waals surface area contributed by atoms with E-state index in [-0.39, 0.29) is 42.9 Å². The molecule has 79 heavy (non-hydrogen) atoms. The van der Waals surface area contributed by atoms with Crippen LogP contribution >= 0.6 is 0 Å². The molecule has 11 nitrogen and oxygen atoms in total. The normalized spacial score (nSPS) is 13.3. The van der Waals surface area contributed by atoms with Gasteiger partial charge in [0.2, 0.25) is 0 Å². The Labute approximate surface area is 461 Å². The molecule has 11 heteroatoms. The summed E-state index contributed by atoms with van der Waals surface area (Å²) in [7, 11) is 3.23. The third-order valence-electron chi connectivity index (χ3n) is 16.8. The van der Waals surface area contributed by atoms with E-state index in [2.05, 4.69) is 120 Å². The van der Waals surface area contributed by atoms with Gasteiger partial charge in [-0.1, -0.05) is 94.4 Å². The third kappa shape index (κ3) is 8.95. The number of non-ortho nitro benzene ring substituents is 1. The number of nitro benzene ring substituents is 1. The topological polar surface area (TPSA) is 159 Å². The molecule has 0 spiro atoms. The molecule has 5 heterocycles. The highest BCUT2D eigenvalue weighted by Gasteiger charge is 2.29. The number of H-pyrrole nitrogens is 2. The van der Waals surface area contributed by atoms with E-state index in [0.29, 0.717) is 33.8 Å². The molecule has 0 atom stereocenters. The van der Waals surface area contributed by atoms with Crippen molar-refractivity contribution in [1.29, 1.82) is 0 Å². The average Bonchev–Trinajstić information content (AvgIpc) is 4.33. The molecule has 0 amide bonds. The van der Waals surface area contributed by atoms with Crippen LogP contribution in [0.1, 0.15) is 144 Å². The van der Waals surface area contributed by atoms with Crippen LogP contribution < -0.4 is 9.47 Å². The van der Waals surface area contributed by atoms with Crippen LogP contribution in [-0.2, 0) is 38.5 Å². The number of hydrogen-bond acceptors (Lipinski definition) is 8. The van der Waals surface area contributed by atoms with Gasteiger partial charge in [-0.05, 0) is 167 Å². The summed E-state index contributed by atoms with van der Waals surface area (Å²) in [4.78, 5) is 31.3. The van der Waals surface area contributed by atoms with Gasteiger partial charge in [-0.2, -0.15) is 0 Å². The van der Waals surface area contributed by atoms with Gasteiger partial charge in [-0.25, -0.2) is 9.97 Å². The van der Waals surface area contributed by atoms with E-state index in [9.17, 15) is 20.3 Å². The number of benzene rings is 5. The van der Waals surface area contributed by atoms with E-state index < -0.39 is 4.92 Å². The molecular formula is C68H67N5O6. The van der Waals surface area contributed by atoms with E-state index in [4.69, 9.17) is 19.4 Å². The lowest BCUT2D eigenvalue weighted by Gasteiger charge is -2.20. The molecule has 3 aliphatic rings. The zero-order chi connectivity index (χ0) is 55.6. The van der Waals surface area contributed by atoms with Gasteiger partial charge in [0.25, 0.3) is 5.69 Å². The SMILES string of the molecule is CCC1=C(C)c2nc1cc1[nH]c(c(C)c1CC)c(-c1ccccc1)c1nc(cc3[nH]c(c(C)c3CC)c2-c2cc3c(O)c(c2)Cc2cccc(c2OC)Cc2cc([N+](=O)[O-])cc(c2O)Cc2cccc(c2OC)C3)C(CC)=C1C. The molecule has 11 rings (SSSR count). The number of rotatable bonds is 9. The number of aromatic amines is 2. The number of phenols is 2. The summed E-state index contributed by atoms with van der Waals surface area (Å²) in [5, 5.41) is 37.1. The van der Waals surface area contributed by atoms with Crippen molar-refractivity contribution in [2.24, 2.45) is 0 Å². The first-order valence-electron chi connectivity index (χ1n) is 27.6. The van der Waals surface area contributed by atoms with Crippen molar-refractivity contribution in [1.82, 2.24) is 19.9 Å². The van der Waals surface area contributed by atoms with Crippen LogP contribution in [0, 0.1) is 24.0 Å². The van der Waals surface area contributed by atoms with E-state index in [1.54, 1.807) is 14.2 Å². The van der Waals surface area contributed by atoms with E-state index in [0.717, 1.165) is 137 Å². The maximum Gasteiger partial charge on any atom is 0.270 e. The van der Waals surface area contributed by atoms with Crippen LogP contribution in [0.25, 0.3) is 66.6 Å². The van der Waals surface area contributed by atoms with Crippen molar-refractivity contribution in [3.63, 3.8) is 0 Å². The number of phenolic OH excluding ortho intramolecular Hbond substituents is 2.